The molecule has 2 aromatic rings. The van der Waals surface area contributed by atoms with Crippen LogP contribution < -0.4 is 65.9 Å². The van der Waals surface area contributed by atoms with Crippen molar-refractivity contribution in [3.63, 3.8) is 0 Å². The first-order chi connectivity index (χ1) is 32.6. The summed E-state index contributed by atoms with van der Waals surface area (Å²) in [7, 11) is 0. The Bertz CT molecular complexity index is 2150. The fraction of sp³-hybridized carbons (Fsp3) is 0.429. The number of nitrogens with zero attached hydrogens (tertiary/aromatic N) is 2. The molecule has 0 aliphatic carbocycles. The number of carboxylic acids is 3. The largest absolute Gasteiger partial charge is 0.481 e. The van der Waals surface area contributed by atoms with Gasteiger partial charge in [-0.25, -0.2) is 4.79 Å². The number of aliphatic imine (C=N–C) groups is 2. The monoisotopic (exact) mass is 968 g/mol. The summed E-state index contributed by atoms with van der Waals surface area (Å²) in [6.45, 7) is -1.60. The van der Waals surface area contributed by atoms with Crippen LogP contribution in [0.25, 0.3) is 0 Å². The molecule has 0 unspecified atom stereocenters. The summed E-state index contributed by atoms with van der Waals surface area (Å²) in [5, 5.41) is 44.6. The summed E-state index contributed by atoms with van der Waals surface area (Å²) in [5.74, 6) is -11.9. The average Bonchev–Trinajstić information content (AvgIpc) is 3.28. The van der Waals surface area contributed by atoms with Crippen LogP contribution >= 0.6 is 0 Å². The van der Waals surface area contributed by atoms with Crippen molar-refractivity contribution in [3.05, 3.63) is 71.8 Å². The van der Waals surface area contributed by atoms with Gasteiger partial charge in [0.25, 0.3) is 0 Å². The number of nitrogens with one attached hydrogen (secondary N) is 7. The lowest BCUT2D eigenvalue weighted by molar-refractivity contribution is -0.142. The minimum absolute atomic E-state index is 0.0178. The van der Waals surface area contributed by atoms with Gasteiger partial charge in [0.2, 0.25) is 41.4 Å². The molecule has 0 heterocycles. The molecule has 0 bridgehead atoms. The number of benzene rings is 2. The van der Waals surface area contributed by atoms with Crippen LogP contribution in [0.15, 0.2) is 70.6 Å². The van der Waals surface area contributed by atoms with E-state index in [0.29, 0.717) is 11.1 Å². The van der Waals surface area contributed by atoms with E-state index in [4.69, 9.17) is 28.7 Å². The van der Waals surface area contributed by atoms with Crippen LogP contribution in [0.3, 0.4) is 0 Å². The van der Waals surface area contributed by atoms with Crippen LogP contribution in [0.1, 0.15) is 49.7 Å². The Hall–Kier alpha value is -8.36. The summed E-state index contributed by atoms with van der Waals surface area (Å²) >= 11 is 0. The Morgan fingerprint density at radius 1 is 0.478 bits per heavy atom. The number of hydrogen-bond acceptors (Lipinski definition) is 13. The molecule has 2 rings (SSSR count). The highest BCUT2D eigenvalue weighted by atomic mass is 16.4. The molecular weight excluding hydrogens is 909 g/mol. The zero-order chi connectivity index (χ0) is 51.5. The van der Waals surface area contributed by atoms with Crippen molar-refractivity contribution >= 4 is 71.2 Å². The number of carboxylic acid groups (broad SMARTS) is 3. The molecule has 376 valence electrons. The molecule has 0 aromatic heterocycles. The van der Waals surface area contributed by atoms with Crippen LogP contribution in [-0.4, -0.2) is 149 Å². The third-order valence-electron chi connectivity index (χ3n) is 9.60. The Morgan fingerprint density at radius 2 is 0.870 bits per heavy atom. The van der Waals surface area contributed by atoms with Crippen molar-refractivity contribution < 1.29 is 63.3 Å². The third-order valence-corrected chi connectivity index (χ3v) is 9.60. The fourth-order valence-corrected chi connectivity index (χ4v) is 6.22. The molecule has 0 fully saturated rings. The van der Waals surface area contributed by atoms with Crippen LogP contribution in [0.5, 0.6) is 0 Å². The second-order valence-corrected chi connectivity index (χ2v) is 15.3. The third kappa shape index (κ3) is 23.6. The van der Waals surface area contributed by atoms with Gasteiger partial charge in [-0.1, -0.05) is 60.7 Å². The number of rotatable bonds is 31. The van der Waals surface area contributed by atoms with Gasteiger partial charge >= 0.3 is 17.9 Å². The van der Waals surface area contributed by atoms with Crippen molar-refractivity contribution in [2.75, 3.05) is 26.2 Å². The predicted octanol–water partition coefficient (Wildman–Crippen LogP) is -5.40. The Morgan fingerprint density at radius 3 is 1.30 bits per heavy atom. The number of carbonyl (C=O) groups is 10. The highest BCUT2D eigenvalue weighted by Gasteiger charge is 2.32. The quantitative estimate of drug-likeness (QED) is 0.0190. The van der Waals surface area contributed by atoms with Gasteiger partial charge in [-0.2, -0.15) is 0 Å². The second-order valence-electron chi connectivity index (χ2n) is 15.3. The van der Waals surface area contributed by atoms with Gasteiger partial charge in [0, 0.05) is 19.5 Å². The van der Waals surface area contributed by atoms with Crippen molar-refractivity contribution in [3.8, 4) is 0 Å². The fourth-order valence-electron chi connectivity index (χ4n) is 6.22. The first-order valence-electron chi connectivity index (χ1n) is 21.3. The van der Waals surface area contributed by atoms with Crippen molar-refractivity contribution in [1.82, 2.24) is 37.2 Å². The standard InChI is InChI=1S/C42H60N14O13/c43-25(17-23-9-3-1-4-10-23)35(63)54-29(19-33(59)60)36(64)50-21-31(57)52-26(13-7-15-48-41(44)45)38(66)55-28(18-24-11-5-2-6-12-24)39(67)56-30(20-34(61)62)37(65)51-22-32(58)53-27(40(68)69)14-8-16-49-42(46)47/h1-6,9-12,25-30H,7-8,13-22,43H2,(H,50,64)(H,51,65)(H,52,57)(H,53,58)(H,54,63)(H,55,66)(H,56,67)(H,59,60)(H,61,62)(H,68,69)(H4,44,45,48)(H4,46,47,49)/t25-,26-,27-,28-,29-,30-/m0/s1. The van der Waals surface area contributed by atoms with E-state index in [2.05, 4.69) is 47.2 Å². The van der Waals surface area contributed by atoms with Gasteiger partial charge in [-0.3, -0.25) is 53.1 Å². The topological polar surface area (TPSA) is 470 Å². The number of hydrogen-bond donors (Lipinski definition) is 15. The van der Waals surface area contributed by atoms with Gasteiger partial charge in [0.05, 0.1) is 32.0 Å². The molecule has 0 radical (unpaired) electrons. The van der Waals surface area contributed by atoms with E-state index in [1.807, 2.05) is 0 Å². The summed E-state index contributed by atoms with van der Waals surface area (Å²) in [5.41, 5.74) is 28.5. The number of amides is 7. The summed E-state index contributed by atoms with van der Waals surface area (Å²) in [4.78, 5) is 136. The van der Waals surface area contributed by atoms with E-state index in [0.717, 1.165) is 0 Å². The maximum absolute atomic E-state index is 13.9. The smallest absolute Gasteiger partial charge is 0.326 e. The zero-order valence-electron chi connectivity index (χ0n) is 37.4. The van der Waals surface area contributed by atoms with E-state index in [1.54, 1.807) is 60.7 Å². The minimum Gasteiger partial charge on any atom is -0.481 e. The lowest BCUT2D eigenvalue weighted by Crippen LogP contribution is -2.58. The molecule has 0 saturated heterocycles. The second kappa shape index (κ2) is 30.0. The lowest BCUT2D eigenvalue weighted by atomic mass is 10.0. The molecule has 6 atom stereocenters. The number of aliphatic carboxylic acids is 3. The van der Waals surface area contributed by atoms with E-state index >= 15 is 0 Å². The van der Waals surface area contributed by atoms with Crippen LogP contribution in [0, 0.1) is 0 Å². The molecule has 27 nitrogen and oxygen atoms in total. The molecular formula is C42H60N14O13. The first kappa shape index (κ1) is 56.8. The highest BCUT2D eigenvalue weighted by molar-refractivity contribution is 5.98. The van der Waals surface area contributed by atoms with Crippen LogP contribution in [-0.2, 0) is 60.8 Å². The van der Waals surface area contributed by atoms with E-state index < -0.39 is 121 Å². The van der Waals surface area contributed by atoms with Gasteiger partial charge in [0.15, 0.2) is 11.9 Å². The number of nitrogens with two attached hydrogens (primary N) is 5. The molecule has 0 spiro atoms. The summed E-state index contributed by atoms with van der Waals surface area (Å²) < 4.78 is 0. The lowest BCUT2D eigenvalue weighted by Gasteiger charge is -2.25. The maximum Gasteiger partial charge on any atom is 0.326 e. The van der Waals surface area contributed by atoms with Crippen LogP contribution in [0.2, 0.25) is 0 Å². The molecule has 0 saturated carbocycles. The Labute approximate surface area is 395 Å². The average molecular weight is 969 g/mol. The summed E-state index contributed by atoms with van der Waals surface area (Å²) in [6, 6.07) is 7.73. The molecule has 0 aliphatic rings. The summed E-state index contributed by atoms with van der Waals surface area (Å²) in [6.07, 6.45) is -2.05. The van der Waals surface area contributed by atoms with Crippen LogP contribution in [0.4, 0.5) is 0 Å². The molecule has 0 aliphatic heterocycles. The van der Waals surface area contributed by atoms with Gasteiger partial charge in [-0.05, 0) is 43.2 Å². The van der Waals surface area contributed by atoms with Gasteiger partial charge in [0.1, 0.15) is 30.2 Å². The van der Waals surface area contributed by atoms with E-state index in [1.165, 1.54) is 0 Å². The maximum atomic E-state index is 13.9. The highest BCUT2D eigenvalue weighted by Crippen LogP contribution is 2.08. The molecule has 69 heavy (non-hydrogen) atoms. The number of carbonyl (C=O) groups excluding carboxylic acids is 7. The van der Waals surface area contributed by atoms with Gasteiger partial charge in [-0.15, -0.1) is 0 Å². The van der Waals surface area contributed by atoms with Crippen molar-refractivity contribution in [2.24, 2.45) is 38.7 Å². The number of guanidine groups is 2. The predicted molar refractivity (Wildman–Crippen MR) is 246 cm³/mol. The van der Waals surface area contributed by atoms with Gasteiger partial charge < -0.3 is 81.2 Å². The van der Waals surface area contributed by atoms with E-state index in [-0.39, 0.29) is 63.5 Å². The van der Waals surface area contributed by atoms with Crippen molar-refractivity contribution in [2.45, 2.75) is 87.6 Å². The normalized spacial score (nSPS) is 13.2. The molecule has 20 N–H and O–H groups in total. The Kier molecular flexibility index (Phi) is 24.7. The SMILES string of the molecule is NC(N)=NCCC[C@H](NC(=O)CNC(=O)[C@H](CC(=O)O)NC(=O)[C@H](Cc1ccccc1)NC(=O)[C@H](CCCN=C(N)N)NC(=O)CNC(=O)[C@H](CC(=O)O)NC(=O)[C@@H](N)Cc1ccccc1)C(=O)O. The molecule has 7 amide bonds. The molecule has 2 aromatic carbocycles. The minimum atomic E-state index is -1.83. The first-order valence-corrected chi connectivity index (χ1v) is 21.3. The molecule has 27 heteroatoms. The van der Waals surface area contributed by atoms with Crippen molar-refractivity contribution in [1.29, 1.82) is 0 Å². The zero-order valence-corrected chi connectivity index (χ0v) is 37.4. The van der Waals surface area contributed by atoms with E-state index in [9.17, 15) is 63.3 Å². The Balaban J connectivity index is 2.25.